The van der Waals surface area contributed by atoms with Crippen LogP contribution in [0.4, 0.5) is 13.2 Å². The molecule has 0 aliphatic carbocycles. The number of carboxylic acid groups (broad SMARTS) is 1. The van der Waals surface area contributed by atoms with Crippen molar-refractivity contribution in [3.63, 3.8) is 0 Å². The fraction of sp³-hybridized carbons (Fsp3) is 0.533. The summed E-state index contributed by atoms with van der Waals surface area (Å²) in [6.07, 6.45) is -2.16. The molecule has 0 unspecified atom stereocenters. The molecule has 9 heteroatoms. The molecular formula is C15H17F3N2O4. The SMILES string of the molecule is O=C(O)CCN(C(=O)c1cncc(C(F)(F)F)c1)C1CCOCC1. The molecule has 0 saturated carbocycles. The highest BCUT2D eigenvalue weighted by Gasteiger charge is 2.33. The van der Waals surface area contributed by atoms with Crippen LogP contribution in [0.5, 0.6) is 0 Å². The Kier molecular flexibility index (Phi) is 5.76. The first-order valence-electron chi connectivity index (χ1n) is 7.42. The molecule has 2 rings (SSSR count). The minimum absolute atomic E-state index is 0.0743. The third-order valence-corrected chi connectivity index (χ3v) is 3.77. The van der Waals surface area contributed by atoms with E-state index in [0.29, 0.717) is 32.3 Å². The van der Waals surface area contributed by atoms with E-state index in [-0.39, 0.29) is 24.6 Å². The van der Waals surface area contributed by atoms with Crippen molar-refractivity contribution >= 4 is 11.9 Å². The second kappa shape index (κ2) is 7.61. The topological polar surface area (TPSA) is 79.7 Å². The van der Waals surface area contributed by atoms with Crippen molar-refractivity contribution in [2.24, 2.45) is 0 Å². The minimum atomic E-state index is -4.60. The van der Waals surface area contributed by atoms with Gasteiger partial charge < -0.3 is 14.7 Å². The number of nitrogens with zero attached hydrogens (tertiary/aromatic N) is 2. The van der Waals surface area contributed by atoms with Crippen molar-refractivity contribution in [2.75, 3.05) is 19.8 Å². The van der Waals surface area contributed by atoms with Crippen LogP contribution in [0.3, 0.4) is 0 Å². The van der Waals surface area contributed by atoms with Crippen LogP contribution in [0.1, 0.15) is 35.2 Å². The molecule has 1 aliphatic rings. The number of hydrogen-bond donors (Lipinski definition) is 1. The van der Waals surface area contributed by atoms with Crippen LogP contribution in [0.15, 0.2) is 18.5 Å². The minimum Gasteiger partial charge on any atom is -0.481 e. The highest BCUT2D eigenvalue weighted by atomic mass is 19.4. The number of carbonyl (C=O) groups excluding carboxylic acids is 1. The van der Waals surface area contributed by atoms with Crippen molar-refractivity contribution in [1.29, 1.82) is 0 Å². The Labute approximate surface area is 136 Å². The molecule has 1 amide bonds. The molecule has 1 aromatic rings. The summed E-state index contributed by atoms with van der Waals surface area (Å²) in [5, 5.41) is 8.84. The van der Waals surface area contributed by atoms with Crippen LogP contribution in [-0.2, 0) is 15.7 Å². The van der Waals surface area contributed by atoms with E-state index in [1.54, 1.807) is 0 Å². The van der Waals surface area contributed by atoms with Crippen LogP contribution < -0.4 is 0 Å². The fourth-order valence-corrected chi connectivity index (χ4v) is 2.54. The van der Waals surface area contributed by atoms with Gasteiger partial charge in [0.2, 0.25) is 0 Å². The van der Waals surface area contributed by atoms with Crippen molar-refractivity contribution in [1.82, 2.24) is 9.88 Å². The fourth-order valence-electron chi connectivity index (χ4n) is 2.54. The molecule has 0 spiro atoms. The second-order valence-corrected chi connectivity index (χ2v) is 5.45. The normalized spacial score (nSPS) is 16.0. The van der Waals surface area contributed by atoms with Crippen LogP contribution in [0, 0.1) is 0 Å². The lowest BCUT2D eigenvalue weighted by molar-refractivity contribution is -0.138. The summed E-state index contributed by atoms with van der Waals surface area (Å²) < 4.78 is 43.6. The van der Waals surface area contributed by atoms with Crippen molar-refractivity contribution in [3.05, 3.63) is 29.6 Å². The van der Waals surface area contributed by atoms with E-state index in [1.165, 1.54) is 4.90 Å². The van der Waals surface area contributed by atoms with Gasteiger partial charge >= 0.3 is 12.1 Å². The maximum atomic E-state index is 12.8. The van der Waals surface area contributed by atoms with Gasteiger partial charge in [0, 0.05) is 38.2 Å². The van der Waals surface area contributed by atoms with Crippen LogP contribution in [0.25, 0.3) is 0 Å². The smallest absolute Gasteiger partial charge is 0.417 e. The maximum Gasteiger partial charge on any atom is 0.417 e. The number of pyridine rings is 1. The average molecular weight is 346 g/mol. The first-order chi connectivity index (χ1) is 11.3. The first kappa shape index (κ1) is 18.2. The molecule has 0 atom stereocenters. The van der Waals surface area contributed by atoms with Gasteiger partial charge in [-0.15, -0.1) is 0 Å². The van der Waals surface area contributed by atoms with Crippen LogP contribution in [-0.4, -0.2) is 52.7 Å². The van der Waals surface area contributed by atoms with Gasteiger partial charge in [0.25, 0.3) is 5.91 Å². The van der Waals surface area contributed by atoms with E-state index in [0.717, 1.165) is 12.3 Å². The zero-order chi connectivity index (χ0) is 17.7. The molecule has 6 nitrogen and oxygen atoms in total. The lowest BCUT2D eigenvalue weighted by Gasteiger charge is -2.34. The predicted octanol–water partition coefficient (Wildman–Crippen LogP) is 2.20. The Bertz CT molecular complexity index is 601. The summed E-state index contributed by atoms with van der Waals surface area (Å²) in [6.45, 7) is 0.764. The number of aromatic nitrogens is 1. The van der Waals surface area contributed by atoms with Crippen LogP contribution >= 0.6 is 0 Å². The number of rotatable bonds is 5. The molecule has 1 fully saturated rings. The number of aliphatic carboxylic acids is 1. The van der Waals surface area contributed by atoms with Gasteiger partial charge in [0.1, 0.15) is 0 Å². The Morgan fingerprint density at radius 2 is 1.96 bits per heavy atom. The van der Waals surface area contributed by atoms with Gasteiger partial charge in [-0.25, -0.2) is 0 Å². The van der Waals surface area contributed by atoms with Gasteiger partial charge in [-0.3, -0.25) is 14.6 Å². The van der Waals surface area contributed by atoms with Crippen LogP contribution in [0.2, 0.25) is 0 Å². The molecule has 132 valence electrons. The Morgan fingerprint density at radius 3 is 2.54 bits per heavy atom. The third kappa shape index (κ3) is 4.67. The Hall–Kier alpha value is -2.16. The molecule has 1 aromatic heterocycles. The standard InChI is InChI=1S/C15H17F3N2O4/c16-15(17,18)11-7-10(8-19-9-11)14(23)20(4-1-13(21)22)12-2-5-24-6-3-12/h7-9,12H,1-6H2,(H,21,22). The predicted molar refractivity (Wildman–Crippen MR) is 76.4 cm³/mol. The summed E-state index contributed by atoms with van der Waals surface area (Å²) in [6, 6.07) is 0.475. The number of carboxylic acids is 1. The van der Waals surface area contributed by atoms with Gasteiger partial charge in [0.05, 0.1) is 17.5 Å². The van der Waals surface area contributed by atoms with E-state index < -0.39 is 23.6 Å². The second-order valence-electron chi connectivity index (χ2n) is 5.45. The van der Waals surface area contributed by atoms with Gasteiger partial charge in [-0.05, 0) is 18.9 Å². The molecule has 1 N–H and O–H groups in total. The van der Waals surface area contributed by atoms with E-state index in [4.69, 9.17) is 9.84 Å². The largest absolute Gasteiger partial charge is 0.481 e. The molecular weight excluding hydrogens is 329 g/mol. The highest BCUT2D eigenvalue weighted by molar-refractivity contribution is 5.94. The number of amides is 1. The molecule has 1 saturated heterocycles. The molecule has 2 heterocycles. The quantitative estimate of drug-likeness (QED) is 0.884. The number of ether oxygens (including phenoxy) is 1. The lowest BCUT2D eigenvalue weighted by Crippen LogP contribution is -2.44. The zero-order valence-electron chi connectivity index (χ0n) is 12.8. The van der Waals surface area contributed by atoms with Gasteiger partial charge in [0.15, 0.2) is 0 Å². The van der Waals surface area contributed by atoms with E-state index in [1.807, 2.05) is 0 Å². The molecule has 24 heavy (non-hydrogen) atoms. The van der Waals surface area contributed by atoms with Gasteiger partial charge in [-0.2, -0.15) is 13.2 Å². The Morgan fingerprint density at radius 1 is 1.29 bits per heavy atom. The number of carbonyl (C=O) groups is 2. The summed E-state index contributed by atoms with van der Waals surface area (Å²) in [7, 11) is 0. The number of halogens is 3. The lowest BCUT2D eigenvalue weighted by atomic mass is 10.0. The summed E-state index contributed by atoms with van der Waals surface area (Å²) in [4.78, 5) is 28.2. The maximum absolute atomic E-state index is 12.8. The van der Waals surface area contributed by atoms with E-state index >= 15 is 0 Å². The Balaban J connectivity index is 2.24. The number of hydrogen-bond acceptors (Lipinski definition) is 4. The molecule has 0 radical (unpaired) electrons. The monoisotopic (exact) mass is 346 g/mol. The van der Waals surface area contributed by atoms with Crippen molar-refractivity contribution in [3.8, 4) is 0 Å². The van der Waals surface area contributed by atoms with E-state index in [2.05, 4.69) is 4.98 Å². The molecule has 0 bridgehead atoms. The third-order valence-electron chi connectivity index (χ3n) is 3.77. The molecule has 0 aromatic carbocycles. The highest BCUT2D eigenvalue weighted by Crippen LogP contribution is 2.29. The molecule has 1 aliphatic heterocycles. The number of alkyl halides is 3. The zero-order valence-corrected chi connectivity index (χ0v) is 12.8. The summed E-state index contributed by atoms with van der Waals surface area (Å²) >= 11 is 0. The first-order valence-corrected chi connectivity index (χ1v) is 7.42. The van der Waals surface area contributed by atoms with Crippen molar-refractivity contribution < 1.29 is 32.6 Å². The average Bonchev–Trinajstić information content (AvgIpc) is 2.55. The van der Waals surface area contributed by atoms with E-state index in [9.17, 15) is 22.8 Å². The van der Waals surface area contributed by atoms with Gasteiger partial charge in [-0.1, -0.05) is 0 Å². The summed E-state index contributed by atoms with van der Waals surface area (Å²) in [5.74, 6) is -1.73. The summed E-state index contributed by atoms with van der Waals surface area (Å²) in [5.41, 5.74) is -1.22. The van der Waals surface area contributed by atoms with Crippen molar-refractivity contribution in [2.45, 2.75) is 31.5 Å².